The van der Waals surface area contributed by atoms with Crippen LogP contribution in [0.15, 0.2) is 35.8 Å². The summed E-state index contributed by atoms with van der Waals surface area (Å²) in [5.41, 5.74) is 1.95. The number of hydrogen-bond acceptors (Lipinski definition) is 3. The minimum absolute atomic E-state index is 0.0817. The number of aromatic nitrogens is 1. The highest BCUT2D eigenvalue weighted by atomic mass is 32.1. The molecule has 2 heterocycles. The number of rotatable bonds is 4. The molecule has 2 aromatic heterocycles. The molecule has 88 valence electrons. The molecule has 1 atom stereocenters. The Bertz CT molecular complexity index is 507. The number of nitrogens with zero attached hydrogens (tertiary/aromatic N) is 1. The molecular weight excluding hydrogens is 234 g/mol. The van der Waals surface area contributed by atoms with E-state index in [-0.39, 0.29) is 12.3 Å². The smallest absolute Gasteiger partial charge is 0.304 e. The molecule has 17 heavy (non-hydrogen) atoms. The van der Waals surface area contributed by atoms with Crippen molar-refractivity contribution in [3.05, 3.63) is 52.0 Å². The monoisotopic (exact) mass is 247 g/mol. The van der Waals surface area contributed by atoms with Gasteiger partial charge in [0.05, 0.1) is 6.42 Å². The lowest BCUT2D eigenvalue weighted by molar-refractivity contribution is -0.137. The van der Waals surface area contributed by atoms with Crippen molar-refractivity contribution in [3.8, 4) is 0 Å². The van der Waals surface area contributed by atoms with E-state index in [0.717, 1.165) is 16.1 Å². The average Bonchev–Trinajstić information content (AvgIpc) is 2.73. The maximum absolute atomic E-state index is 11.0. The molecule has 2 rings (SSSR count). The first-order chi connectivity index (χ1) is 8.18. The molecule has 0 spiro atoms. The molecule has 0 radical (unpaired) electrons. The first-order valence-electron chi connectivity index (χ1n) is 5.35. The number of carboxylic acids is 1. The fourth-order valence-corrected chi connectivity index (χ4v) is 2.87. The minimum atomic E-state index is -0.798. The van der Waals surface area contributed by atoms with E-state index in [9.17, 15) is 4.79 Å². The van der Waals surface area contributed by atoms with Crippen molar-refractivity contribution in [2.24, 2.45) is 0 Å². The van der Waals surface area contributed by atoms with Crippen LogP contribution in [0, 0.1) is 6.92 Å². The largest absolute Gasteiger partial charge is 0.481 e. The molecule has 1 N–H and O–H groups in total. The topological polar surface area (TPSA) is 50.2 Å². The summed E-state index contributed by atoms with van der Waals surface area (Å²) in [5, 5.41) is 11.0. The van der Waals surface area contributed by atoms with E-state index in [4.69, 9.17) is 5.11 Å². The second-order valence-corrected chi connectivity index (χ2v) is 4.82. The molecule has 0 aliphatic rings. The Balaban J connectivity index is 2.39. The minimum Gasteiger partial charge on any atom is -0.481 e. The quantitative estimate of drug-likeness (QED) is 0.903. The number of pyridine rings is 1. The molecular formula is C13H13NO2S. The third-order valence-corrected chi connectivity index (χ3v) is 3.77. The summed E-state index contributed by atoms with van der Waals surface area (Å²) in [6.45, 7) is 2.00. The van der Waals surface area contributed by atoms with Gasteiger partial charge in [0.25, 0.3) is 0 Å². The lowest BCUT2D eigenvalue weighted by Gasteiger charge is -2.13. The Morgan fingerprint density at radius 3 is 2.82 bits per heavy atom. The van der Waals surface area contributed by atoms with E-state index in [1.54, 1.807) is 17.5 Å². The van der Waals surface area contributed by atoms with E-state index in [0.29, 0.717) is 0 Å². The van der Waals surface area contributed by atoms with Gasteiger partial charge in [0, 0.05) is 22.7 Å². The molecule has 0 saturated heterocycles. The predicted octanol–water partition coefficient (Wildman–Crippen LogP) is 3.06. The number of aryl methyl sites for hydroxylation is 1. The lowest BCUT2D eigenvalue weighted by atomic mass is 9.96. The summed E-state index contributed by atoms with van der Waals surface area (Å²) in [4.78, 5) is 16.3. The van der Waals surface area contributed by atoms with Crippen molar-refractivity contribution in [1.29, 1.82) is 0 Å². The van der Waals surface area contributed by atoms with Crippen molar-refractivity contribution in [3.63, 3.8) is 0 Å². The van der Waals surface area contributed by atoms with Crippen molar-refractivity contribution in [1.82, 2.24) is 4.98 Å². The van der Waals surface area contributed by atoms with Gasteiger partial charge in [-0.2, -0.15) is 0 Å². The average molecular weight is 247 g/mol. The Morgan fingerprint density at radius 2 is 2.29 bits per heavy atom. The third-order valence-electron chi connectivity index (χ3n) is 2.64. The Labute approximate surface area is 104 Å². The molecule has 3 nitrogen and oxygen atoms in total. The Hall–Kier alpha value is -1.68. The van der Waals surface area contributed by atoms with Crippen molar-refractivity contribution in [2.45, 2.75) is 19.3 Å². The molecule has 2 aromatic rings. The van der Waals surface area contributed by atoms with Crippen molar-refractivity contribution in [2.75, 3.05) is 0 Å². The first-order valence-corrected chi connectivity index (χ1v) is 6.23. The molecule has 0 amide bonds. The lowest BCUT2D eigenvalue weighted by Crippen LogP contribution is -2.09. The number of hydrogen-bond donors (Lipinski definition) is 1. The van der Waals surface area contributed by atoms with Crippen LogP contribution < -0.4 is 0 Å². The van der Waals surface area contributed by atoms with Crippen LogP contribution in [-0.4, -0.2) is 16.1 Å². The predicted molar refractivity (Wildman–Crippen MR) is 67.4 cm³/mol. The van der Waals surface area contributed by atoms with Gasteiger partial charge in [-0.3, -0.25) is 9.78 Å². The van der Waals surface area contributed by atoms with E-state index < -0.39 is 5.97 Å². The van der Waals surface area contributed by atoms with Gasteiger partial charge in [-0.25, -0.2) is 0 Å². The van der Waals surface area contributed by atoms with E-state index in [2.05, 4.69) is 4.98 Å². The highest BCUT2D eigenvalue weighted by Gasteiger charge is 2.21. The molecule has 0 fully saturated rings. The number of carboxylic acid groups (broad SMARTS) is 1. The fourth-order valence-electron chi connectivity index (χ4n) is 1.83. The Kier molecular flexibility index (Phi) is 3.54. The van der Waals surface area contributed by atoms with Crippen LogP contribution >= 0.6 is 11.3 Å². The maximum atomic E-state index is 11.0. The Morgan fingerprint density at radius 1 is 1.47 bits per heavy atom. The number of carbonyl (C=O) groups is 1. The van der Waals surface area contributed by atoms with Crippen molar-refractivity contribution < 1.29 is 9.90 Å². The van der Waals surface area contributed by atoms with Gasteiger partial charge < -0.3 is 5.11 Å². The summed E-state index contributed by atoms with van der Waals surface area (Å²) in [7, 11) is 0. The van der Waals surface area contributed by atoms with Gasteiger partial charge in [-0.05, 0) is 36.1 Å². The van der Waals surface area contributed by atoms with Gasteiger partial charge in [0.15, 0.2) is 0 Å². The fraction of sp³-hybridized carbons (Fsp3) is 0.231. The van der Waals surface area contributed by atoms with Crippen molar-refractivity contribution >= 4 is 17.3 Å². The SMILES string of the molecule is Cc1ccsc1C(CC(=O)O)c1ccccn1. The first kappa shape index (κ1) is 11.8. The van der Waals surface area contributed by atoms with Crippen LogP contribution in [0.25, 0.3) is 0 Å². The van der Waals surface area contributed by atoms with Gasteiger partial charge in [0.1, 0.15) is 0 Å². The molecule has 0 aliphatic heterocycles. The zero-order valence-corrected chi connectivity index (χ0v) is 10.3. The second kappa shape index (κ2) is 5.10. The highest BCUT2D eigenvalue weighted by molar-refractivity contribution is 7.10. The zero-order valence-electron chi connectivity index (χ0n) is 9.46. The van der Waals surface area contributed by atoms with Crippen LogP contribution in [0.2, 0.25) is 0 Å². The molecule has 0 saturated carbocycles. The summed E-state index contributed by atoms with van der Waals surface area (Å²) < 4.78 is 0. The highest BCUT2D eigenvalue weighted by Crippen LogP contribution is 2.32. The summed E-state index contributed by atoms with van der Waals surface area (Å²) in [5.74, 6) is -0.942. The molecule has 1 unspecified atom stereocenters. The standard InChI is InChI=1S/C13H13NO2S/c1-9-5-7-17-13(9)10(8-12(15)16)11-4-2-3-6-14-11/h2-7,10H,8H2,1H3,(H,15,16). The number of thiophene rings is 1. The summed E-state index contributed by atoms with van der Waals surface area (Å²) in [6.07, 6.45) is 1.78. The maximum Gasteiger partial charge on any atom is 0.304 e. The molecule has 0 aromatic carbocycles. The van der Waals surface area contributed by atoms with E-state index in [1.807, 2.05) is 36.6 Å². The molecule has 4 heteroatoms. The van der Waals surface area contributed by atoms with Crippen LogP contribution in [0.4, 0.5) is 0 Å². The van der Waals surface area contributed by atoms with Crippen LogP contribution in [0.3, 0.4) is 0 Å². The summed E-state index contributed by atoms with van der Waals surface area (Å²) in [6, 6.07) is 7.62. The zero-order chi connectivity index (χ0) is 12.3. The summed E-state index contributed by atoms with van der Waals surface area (Å²) >= 11 is 1.59. The number of aliphatic carboxylic acids is 1. The van der Waals surface area contributed by atoms with Gasteiger partial charge in [0.2, 0.25) is 0 Å². The normalized spacial score (nSPS) is 12.3. The van der Waals surface area contributed by atoms with Crippen LogP contribution in [0.1, 0.15) is 28.5 Å². The van der Waals surface area contributed by atoms with E-state index >= 15 is 0 Å². The molecule has 0 aliphatic carbocycles. The second-order valence-electron chi connectivity index (χ2n) is 3.87. The van der Waals surface area contributed by atoms with E-state index in [1.165, 1.54) is 0 Å². The van der Waals surface area contributed by atoms with Gasteiger partial charge in [-0.1, -0.05) is 6.07 Å². The van der Waals surface area contributed by atoms with Crippen LogP contribution in [-0.2, 0) is 4.79 Å². The van der Waals surface area contributed by atoms with Gasteiger partial charge in [-0.15, -0.1) is 11.3 Å². The molecule has 0 bridgehead atoms. The third kappa shape index (κ3) is 2.71. The van der Waals surface area contributed by atoms with Crippen LogP contribution in [0.5, 0.6) is 0 Å². The van der Waals surface area contributed by atoms with Gasteiger partial charge >= 0.3 is 5.97 Å².